The molecule has 61 heavy (non-hydrogen) atoms. The van der Waals surface area contributed by atoms with E-state index in [2.05, 4.69) is 209 Å². The zero-order valence-corrected chi connectivity index (χ0v) is 33.2. The van der Waals surface area contributed by atoms with Crippen molar-refractivity contribution in [2.24, 2.45) is 9.98 Å². The summed E-state index contributed by atoms with van der Waals surface area (Å²) in [5.41, 5.74) is 11.2. The zero-order chi connectivity index (χ0) is 40.3. The third-order valence-electron chi connectivity index (χ3n) is 12.1. The van der Waals surface area contributed by atoms with E-state index in [-0.39, 0.29) is 0 Å². The summed E-state index contributed by atoms with van der Waals surface area (Å²) in [4.78, 5) is 13.2. The number of rotatable bonds is 7. The first kappa shape index (κ1) is 35.0. The zero-order valence-electron chi connectivity index (χ0n) is 33.2. The van der Waals surface area contributed by atoms with Gasteiger partial charge in [0.2, 0.25) is 6.29 Å². The van der Waals surface area contributed by atoms with Crippen molar-refractivity contribution in [1.29, 1.82) is 0 Å². The van der Waals surface area contributed by atoms with E-state index >= 15 is 0 Å². The summed E-state index contributed by atoms with van der Waals surface area (Å²) in [6.07, 6.45) is 7.89. The monoisotopic (exact) mass is 785 g/mol. The molecule has 2 aliphatic rings. The Labute approximate surface area is 352 Å². The Kier molecular flexibility index (Phi) is 8.27. The van der Waals surface area contributed by atoms with E-state index < -0.39 is 6.29 Å². The third-order valence-corrected chi connectivity index (χ3v) is 12.1. The highest BCUT2D eigenvalue weighted by molar-refractivity contribution is 6.23. The SMILES string of the molecule is C1=CCCC(C2=NC(c3ccc(N(c4ccc(-c5ccccc5)cc4)c4ccc5ccccc5c4)c4c3oc3ccccc34)=NC(n3c4ccccc4c4ccccc43)N2)=C1. The van der Waals surface area contributed by atoms with Gasteiger partial charge in [0.15, 0.2) is 5.84 Å². The Bertz CT molecular complexity index is 3410. The van der Waals surface area contributed by atoms with Gasteiger partial charge in [-0.1, -0.05) is 146 Å². The molecule has 0 radical (unpaired) electrons. The standard InChI is InChI=1S/C55H39N5O/c1-3-15-36(16-4-1)38-27-30-41(31-28-38)59(42-32-29-37-17-7-8-20-40(37)35-42)49-34-33-46(52-51(49)45-23-11-14-26-50(45)61-52)54-56-53(39-18-5-2-6-19-39)57-55(58-54)60-47-24-12-9-21-43(47)44-22-10-13-25-48(44)60/h1-5,7-18,20-35,55H,6,19H2,(H,56,57,58). The van der Waals surface area contributed by atoms with Crippen LogP contribution in [0.2, 0.25) is 0 Å². The Morgan fingerprint density at radius 3 is 2.05 bits per heavy atom. The summed E-state index contributed by atoms with van der Waals surface area (Å²) in [6, 6.07) is 64.5. The van der Waals surface area contributed by atoms with Crippen molar-refractivity contribution >= 4 is 83.3 Å². The quantitative estimate of drug-likeness (QED) is 0.175. The second kappa shape index (κ2) is 14.4. The molecule has 1 unspecified atom stereocenters. The van der Waals surface area contributed by atoms with Gasteiger partial charge >= 0.3 is 0 Å². The number of amidine groups is 2. The molecule has 6 nitrogen and oxygen atoms in total. The fourth-order valence-electron chi connectivity index (χ4n) is 9.22. The van der Waals surface area contributed by atoms with Gasteiger partial charge in [0.25, 0.3) is 0 Å². The molecule has 1 atom stereocenters. The third kappa shape index (κ3) is 5.95. The summed E-state index contributed by atoms with van der Waals surface area (Å²) >= 11 is 0. The lowest BCUT2D eigenvalue weighted by Crippen LogP contribution is -2.37. The Hall–Kier alpha value is -7.96. The molecule has 1 aliphatic heterocycles. The van der Waals surface area contributed by atoms with E-state index in [4.69, 9.17) is 14.4 Å². The molecule has 10 aromatic rings. The molecular formula is C55H39N5O. The highest BCUT2D eigenvalue weighted by Gasteiger charge is 2.29. The van der Waals surface area contributed by atoms with E-state index in [9.17, 15) is 0 Å². The first-order valence-electron chi connectivity index (χ1n) is 20.9. The fourth-order valence-corrected chi connectivity index (χ4v) is 9.22. The van der Waals surface area contributed by atoms with Crippen LogP contribution in [0.15, 0.2) is 220 Å². The van der Waals surface area contributed by atoms with Crippen molar-refractivity contribution < 1.29 is 4.42 Å². The minimum Gasteiger partial charge on any atom is -0.455 e. The lowest BCUT2D eigenvalue weighted by molar-refractivity contribution is 0.514. The second-order valence-electron chi connectivity index (χ2n) is 15.7. The first-order chi connectivity index (χ1) is 30.2. The number of nitrogens with one attached hydrogen (secondary N) is 1. The molecule has 8 aromatic carbocycles. The van der Waals surface area contributed by atoms with Crippen molar-refractivity contribution in [2.75, 3.05) is 4.90 Å². The maximum absolute atomic E-state index is 6.96. The Morgan fingerprint density at radius 1 is 0.607 bits per heavy atom. The van der Waals surface area contributed by atoms with E-state index in [0.29, 0.717) is 5.84 Å². The second-order valence-corrected chi connectivity index (χ2v) is 15.7. The van der Waals surface area contributed by atoms with E-state index in [1.54, 1.807) is 0 Å². The van der Waals surface area contributed by atoms with Crippen LogP contribution in [-0.4, -0.2) is 16.2 Å². The highest BCUT2D eigenvalue weighted by Crippen LogP contribution is 2.45. The molecule has 0 fully saturated rings. The van der Waals surface area contributed by atoms with Crippen LogP contribution >= 0.6 is 0 Å². The highest BCUT2D eigenvalue weighted by atomic mass is 16.3. The minimum absolute atomic E-state index is 0.463. The maximum Gasteiger partial charge on any atom is 0.204 e. The number of benzene rings is 8. The van der Waals surface area contributed by atoms with Gasteiger partial charge in [-0.15, -0.1) is 0 Å². The number of allylic oxidation sites excluding steroid dienone is 3. The molecule has 0 saturated carbocycles. The Balaban J connectivity index is 1.09. The lowest BCUT2D eigenvalue weighted by Gasteiger charge is -2.28. The van der Waals surface area contributed by atoms with Gasteiger partial charge in [-0.2, -0.15) is 0 Å². The lowest BCUT2D eigenvalue weighted by atomic mass is 10.0. The molecular weight excluding hydrogens is 747 g/mol. The van der Waals surface area contributed by atoms with Crippen LogP contribution in [0.1, 0.15) is 24.7 Å². The van der Waals surface area contributed by atoms with Gasteiger partial charge in [0.1, 0.15) is 17.0 Å². The molecule has 12 rings (SSSR count). The number of aromatic nitrogens is 1. The first-order valence-corrected chi connectivity index (χ1v) is 20.9. The molecule has 290 valence electrons. The number of hydrogen-bond acceptors (Lipinski definition) is 5. The van der Waals surface area contributed by atoms with Crippen molar-refractivity contribution in [3.05, 3.63) is 211 Å². The average molecular weight is 786 g/mol. The number of hydrogen-bond donors (Lipinski definition) is 1. The van der Waals surface area contributed by atoms with Gasteiger partial charge < -0.3 is 19.2 Å². The number of fused-ring (bicyclic) bond motifs is 7. The van der Waals surface area contributed by atoms with Crippen LogP contribution in [0.3, 0.4) is 0 Å². The van der Waals surface area contributed by atoms with Gasteiger partial charge in [-0.3, -0.25) is 0 Å². The average Bonchev–Trinajstić information content (AvgIpc) is 3.89. The largest absolute Gasteiger partial charge is 0.455 e. The molecule has 6 heteroatoms. The van der Waals surface area contributed by atoms with Crippen LogP contribution in [0.5, 0.6) is 0 Å². The van der Waals surface area contributed by atoms with E-state index in [1.807, 2.05) is 6.07 Å². The van der Waals surface area contributed by atoms with Crippen molar-refractivity contribution in [1.82, 2.24) is 9.88 Å². The molecule has 0 saturated heterocycles. The maximum atomic E-state index is 6.96. The topological polar surface area (TPSA) is 58.1 Å². The number of para-hydroxylation sites is 3. The van der Waals surface area contributed by atoms with Crippen LogP contribution in [0.25, 0.3) is 65.6 Å². The van der Waals surface area contributed by atoms with Crippen LogP contribution in [-0.2, 0) is 0 Å². The smallest absolute Gasteiger partial charge is 0.204 e. The van der Waals surface area contributed by atoms with Crippen LogP contribution in [0.4, 0.5) is 17.1 Å². The van der Waals surface area contributed by atoms with Gasteiger partial charge in [-0.05, 0) is 94.9 Å². The predicted octanol–water partition coefficient (Wildman–Crippen LogP) is 14.2. The molecule has 1 N–H and O–H groups in total. The molecule has 0 spiro atoms. The summed E-state index contributed by atoms with van der Waals surface area (Å²) in [7, 11) is 0. The summed E-state index contributed by atoms with van der Waals surface area (Å²) < 4.78 is 9.27. The molecule has 1 aliphatic carbocycles. The van der Waals surface area contributed by atoms with Crippen LogP contribution < -0.4 is 10.2 Å². The molecule has 2 aromatic heterocycles. The van der Waals surface area contributed by atoms with Crippen molar-refractivity contribution in [2.45, 2.75) is 19.1 Å². The molecule has 0 amide bonds. The number of nitrogens with zero attached hydrogens (tertiary/aromatic N) is 4. The summed E-state index contributed by atoms with van der Waals surface area (Å²) in [5.74, 6) is 1.45. The Morgan fingerprint density at radius 2 is 1.28 bits per heavy atom. The molecule has 3 heterocycles. The van der Waals surface area contributed by atoms with Crippen molar-refractivity contribution in [3.63, 3.8) is 0 Å². The van der Waals surface area contributed by atoms with E-state index in [1.165, 1.54) is 27.1 Å². The summed E-state index contributed by atoms with van der Waals surface area (Å²) in [5, 5.41) is 10.5. The fraction of sp³-hybridized carbons (Fsp3) is 0.0545. The predicted molar refractivity (Wildman–Crippen MR) is 253 cm³/mol. The van der Waals surface area contributed by atoms with Gasteiger partial charge in [-0.25, -0.2) is 9.98 Å². The number of anilines is 3. The summed E-state index contributed by atoms with van der Waals surface area (Å²) in [6.45, 7) is 0. The normalized spacial score (nSPS) is 15.3. The number of aliphatic imine (C=N–C) groups is 2. The van der Waals surface area contributed by atoms with E-state index in [0.717, 1.165) is 85.4 Å². The van der Waals surface area contributed by atoms with Crippen molar-refractivity contribution in [3.8, 4) is 11.1 Å². The van der Waals surface area contributed by atoms with Gasteiger partial charge in [0.05, 0.1) is 27.7 Å². The minimum atomic E-state index is -0.463. The molecule has 0 bridgehead atoms. The number of furan rings is 1. The van der Waals surface area contributed by atoms with Gasteiger partial charge in [0, 0.05) is 27.5 Å². The van der Waals surface area contributed by atoms with Crippen LogP contribution in [0, 0.1) is 0 Å².